The van der Waals surface area contributed by atoms with Crippen LogP contribution in [0.3, 0.4) is 0 Å². The van der Waals surface area contributed by atoms with Crippen molar-refractivity contribution in [2.45, 2.75) is 40.0 Å². The zero-order chi connectivity index (χ0) is 22.6. The number of halogens is 3. The largest absolute Gasteiger partial charge is 0.451 e. The average Bonchev–Trinajstić information content (AvgIpc) is 2.90. The molecule has 1 N–H and O–H groups in total. The van der Waals surface area contributed by atoms with Gasteiger partial charge in [0.2, 0.25) is 0 Å². The van der Waals surface area contributed by atoms with Gasteiger partial charge in [0.15, 0.2) is 6.10 Å². The molecule has 0 bridgehead atoms. The number of nitrogens with one attached hydrogen (secondary N) is 1. The van der Waals surface area contributed by atoms with Gasteiger partial charge in [-0.1, -0.05) is 11.6 Å². The van der Waals surface area contributed by atoms with Gasteiger partial charge in [0, 0.05) is 5.69 Å². The van der Waals surface area contributed by atoms with Gasteiger partial charge in [0.05, 0.1) is 9.95 Å². The molecule has 0 radical (unpaired) electrons. The molecule has 1 aromatic carbocycles. The van der Waals surface area contributed by atoms with Crippen molar-refractivity contribution < 1.29 is 32.8 Å². The number of amides is 1. The first-order chi connectivity index (χ1) is 14.0. The van der Waals surface area contributed by atoms with Crippen molar-refractivity contribution in [3.63, 3.8) is 0 Å². The molecule has 1 atom stereocenters. The van der Waals surface area contributed by atoms with Gasteiger partial charge in [-0.25, -0.2) is 0 Å². The first-order valence-electron chi connectivity index (χ1n) is 8.42. The molecule has 0 aliphatic rings. The van der Waals surface area contributed by atoms with Crippen molar-refractivity contribution >= 4 is 34.9 Å². The highest BCUT2D eigenvalue weighted by molar-refractivity contribution is 6.32. The zero-order valence-electron chi connectivity index (χ0n) is 16.0. The van der Waals surface area contributed by atoms with Crippen LogP contribution in [-0.2, 0) is 20.9 Å². The normalized spacial score (nSPS) is 11.8. The van der Waals surface area contributed by atoms with E-state index in [1.165, 1.54) is 32.9 Å². The van der Waals surface area contributed by atoms with E-state index in [0.29, 0.717) is 0 Å². The smallest absolute Gasteiger partial charge is 0.387 e. The standard InChI is InChI=1S/C17H17ClF2N4O6/c1-8-15(24(27)28)9(2)23(22-8)7-14(25)29-10(3)16(26)21-11-4-5-13(12(18)6-11)30-17(19)20/h4-6,10,17H,7H2,1-3H3,(H,21,26). The Labute approximate surface area is 173 Å². The lowest BCUT2D eigenvalue weighted by Crippen LogP contribution is -2.31. The van der Waals surface area contributed by atoms with Crippen LogP contribution in [0, 0.1) is 24.0 Å². The summed E-state index contributed by atoms with van der Waals surface area (Å²) in [4.78, 5) is 34.7. The van der Waals surface area contributed by atoms with Gasteiger partial charge in [0.25, 0.3) is 5.91 Å². The monoisotopic (exact) mass is 446 g/mol. The number of hydrogen-bond acceptors (Lipinski definition) is 7. The molecule has 0 aliphatic carbocycles. The van der Waals surface area contributed by atoms with E-state index >= 15 is 0 Å². The van der Waals surface area contributed by atoms with Gasteiger partial charge < -0.3 is 14.8 Å². The van der Waals surface area contributed by atoms with Gasteiger partial charge >= 0.3 is 18.3 Å². The topological polar surface area (TPSA) is 126 Å². The van der Waals surface area contributed by atoms with Crippen LogP contribution in [-0.4, -0.2) is 39.3 Å². The van der Waals surface area contributed by atoms with E-state index in [0.717, 1.165) is 10.7 Å². The van der Waals surface area contributed by atoms with E-state index in [9.17, 15) is 28.5 Å². The number of anilines is 1. The summed E-state index contributed by atoms with van der Waals surface area (Å²) in [5, 5.41) is 17.2. The summed E-state index contributed by atoms with van der Waals surface area (Å²) in [7, 11) is 0. The van der Waals surface area contributed by atoms with Crippen molar-refractivity contribution in [2.75, 3.05) is 5.32 Å². The van der Waals surface area contributed by atoms with Gasteiger partial charge in [-0.15, -0.1) is 0 Å². The SMILES string of the molecule is Cc1nn(CC(=O)OC(C)C(=O)Nc2ccc(OC(F)F)c(Cl)c2)c(C)c1[N+](=O)[O-]. The van der Waals surface area contributed by atoms with E-state index < -0.39 is 36.1 Å². The first-order valence-corrected chi connectivity index (χ1v) is 8.80. The van der Waals surface area contributed by atoms with Crippen molar-refractivity contribution in [2.24, 2.45) is 0 Å². The fraction of sp³-hybridized carbons (Fsp3) is 0.353. The molecule has 0 saturated heterocycles. The maximum atomic E-state index is 12.2. The number of carbonyl (C=O) groups excluding carboxylic acids is 2. The quantitative estimate of drug-likeness (QED) is 0.374. The number of rotatable bonds is 8. The molecule has 1 aromatic heterocycles. The van der Waals surface area contributed by atoms with Gasteiger partial charge in [-0.2, -0.15) is 13.9 Å². The fourth-order valence-corrected chi connectivity index (χ4v) is 2.76. The third-order valence-electron chi connectivity index (χ3n) is 3.90. The molecule has 30 heavy (non-hydrogen) atoms. The minimum Gasteiger partial charge on any atom is -0.451 e. The number of aromatic nitrogens is 2. The van der Waals surface area contributed by atoms with E-state index in [-0.39, 0.29) is 33.5 Å². The summed E-state index contributed by atoms with van der Waals surface area (Å²) >= 11 is 5.81. The molecule has 10 nitrogen and oxygen atoms in total. The maximum absolute atomic E-state index is 12.2. The predicted octanol–water partition coefficient (Wildman–Crippen LogP) is 3.23. The number of carbonyl (C=O) groups is 2. The van der Waals surface area contributed by atoms with Gasteiger partial charge in [-0.3, -0.25) is 24.4 Å². The van der Waals surface area contributed by atoms with Gasteiger partial charge in [-0.05, 0) is 39.0 Å². The molecule has 2 rings (SSSR count). The third-order valence-corrected chi connectivity index (χ3v) is 4.19. The second-order valence-electron chi connectivity index (χ2n) is 6.08. The first kappa shape index (κ1) is 23.0. The van der Waals surface area contributed by atoms with E-state index in [1.54, 1.807) is 0 Å². The lowest BCUT2D eigenvalue weighted by atomic mass is 10.2. The molecule has 1 amide bonds. The molecular formula is C17H17ClF2N4O6. The molecule has 0 spiro atoms. The van der Waals surface area contributed by atoms with Crippen molar-refractivity contribution in [3.8, 4) is 5.75 Å². The summed E-state index contributed by atoms with van der Waals surface area (Å²) in [6, 6.07) is 3.63. The van der Waals surface area contributed by atoms with Crippen LogP contribution in [0.2, 0.25) is 5.02 Å². The Morgan fingerprint density at radius 1 is 1.37 bits per heavy atom. The summed E-state index contributed by atoms with van der Waals surface area (Å²) in [6.07, 6.45) is -1.22. The van der Waals surface area contributed by atoms with Crippen LogP contribution in [0.4, 0.5) is 20.2 Å². The number of ether oxygens (including phenoxy) is 2. The predicted molar refractivity (Wildman–Crippen MR) is 101 cm³/mol. The zero-order valence-corrected chi connectivity index (χ0v) is 16.8. The molecule has 0 saturated carbocycles. The highest BCUT2D eigenvalue weighted by atomic mass is 35.5. The second-order valence-corrected chi connectivity index (χ2v) is 6.49. The van der Waals surface area contributed by atoms with Crippen LogP contribution >= 0.6 is 11.6 Å². The highest BCUT2D eigenvalue weighted by Gasteiger charge is 2.25. The maximum Gasteiger partial charge on any atom is 0.387 e. The summed E-state index contributed by atoms with van der Waals surface area (Å²) in [5.41, 5.74) is 0.285. The number of alkyl halides is 2. The Bertz CT molecular complexity index is 981. The van der Waals surface area contributed by atoms with E-state index in [4.69, 9.17) is 16.3 Å². The van der Waals surface area contributed by atoms with Crippen LogP contribution in [0.25, 0.3) is 0 Å². The van der Waals surface area contributed by atoms with Crippen molar-refractivity contribution in [3.05, 3.63) is 44.7 Å². The van der Waals surface area contributed by atoms with Crippen molar-refractivity contribution in [1.29, 1.82) is 0 Å². The lowest BCUT2D eigenvalue weighted by molar-refractivity contribution is -0.386. The summed E-state index contributed by atoms with van der Waals surface area (Å²) < 4.78 is 34.8. The lowest BCUT2D eigenvalue weighted by Gasteiger charge is -2.14. The van der Waals surface area contributed by atoms with Crippen LogP contribution in [0.1, 0.15) is 18.3 Å². The molecule has 1 unspecified atom stereocenters. The number of esters is 1. The number of nitrogens with zero attached hydrogens (tertiary/aromatic N) is 3. The summed E-state index contributed by atoms with van der Waals surface area (Å²) in [6.45, 7) is 0.709. The van der Waals surface area contributed by atoms with Crippen molar-refractivity contribution in [1.82, 2.24) is 9.78 Å². The molecule has 2 aromatic rings. The van der Waals surface area contributed by atoms with E-state index in [2.05, 4.69) is 15.2 Å². The second kappa shape index (κ2) is 9.48. The third kappa shape index (κ3) is 5.63. The Kier molecular flexibility index (Phi) is 7.27. The molecule has 1 heterocycles. The minimum atomic E-state index is -3.05. The molecule has 162 valence electrons. The van der Waals surface area contributed by atoms with Crippen LogP contribution in [0.15, 0.2) is 18.2 Å². The number of hydrogen-bond donors (Lipinski definition) is 1. The number of aryl methyl sites for hydroxylation is 1. The van der Waals surface area contributed by atoms with Crippen LogP contribution < -0.4 is 10.1 Å². The number of benzene rings is 1. The fourth-order valence-electron chi connectivity index (χ4n) is 2.53. The average molecular weight is 447 g/mol. The molecule has 13 heteroatoms. The number of nitro groups is 1. The van der Waals surface area contributed by atoms with Crippen LogP contribution in [0.5, 0.6) is 5.75 Å². The summed E-state index contributed by atoms with van der Waals surface area (Å²) in [5.74, 6) is -1.80. The Morgan fingerprint density at radius 3 is 2.57 bits per heavy atom. The van der Waals surface area contributed by atoms with E-state index in [1.807, 2.05) is 0 Å². The molecular weight excluding hydrogens is 430 g/mol. The Hall–Kier alpha value is -3.28. The minimum absolute atomic E-state index is 0.146. The highest BCUT2D eigenvalue weighted by Crippen LogP contribution is 2.29. The Balaban J connectivity index is 1.97. The molecule has 0 aliphatic heterocycles. The Morgan fingerprint density at radius 2 is 2.03 bits per heavy atom. The van der Waals surface area contributed by atoms with Gasteiger partial charge in [0.1, 0.15) is 23.7 Å². The molecule has 0 fully saturated rings.